The summed E-state index contributed by atoms with van der Waals surface area (Å²) in [6.45, 7) is 2.84. The smallest absolute Gasteiger partial charge is 0.180 e. The van der Waals surface area contributed by atoms with Crippen molar-refractivity contribution in [2.75, 3.05) is 0 Å². The highest BCUT2D eigenvalue weighted by molar-refractivity contribution is 5.80. The van der Waals surface area contributed by atoms with Crippen LogP contribution in [0.2, 0.25) is 0 Å². The summed E-state index contributed by atoms with van der Waals surface area (Å²) in [7, 11) is 0. The number of tetrazole rings is 1. The SMILES string of the molecule is CCc1nc(CCC2CCC(N)CC2)n(Cc2ccc(-c3ccccc3-c3nnn[nH]3)cc2)n1. The number of nitrogens with one attached hydrogen (secondary N) is 1. The molecule has 1 aliphatic carbocycles. The van der Waals surface area contributed by atoms with Gasteiger partial charge in [0.25, 0.3) is 0 Å². The van der Waals surface area contributed by atoms with Crippen molar-refractivity contribution in [1.82, 2.24) is 35.4 Å². The van der Waals surface area contributed by atoms with Crippen LogP contribution >= 0.6 is 0 Å². The van der Waals surface area contributed by atoms with Crippen LogP contribution in [-0.2, 0) is 19.4 Å². The van der Waals surface area contributed by atoms with Gasteiger partial charge in [0.15, 0.2) is 11.6 Å². The minimum Gasteiger partial charge on any atom is -0.328 e. The van der Waals surface area contributed by atoms with Crippen LogP contribution < -0.4 is 5.73 Å². The molecule has 1 aliphatic rings. The van der Waals surface area contributed by atoms with Gasteiger partial charge in [0.2, 0.25) is 0 Å². The van der Waals surface area contributed by atoms with Crippen LogP contribution in [0.3, 0.4) is 0 Å². The number of nitrogens with zero attached hydrogens (tertiary/aromatic N) is 6. The van der Waals surface area contributed by atoms with Gasteiger partial charge >= 0.3 is 0 Å². The van der Waals surface area contributed by atoms with E-state index >= 15 is 0 Å². The molecule has 0 bridgehead atoms. The summed E-state index contributed by atoms with van der Waals surface area (Å²) in [6.07, 6.45) is 7.78. The first-order chi connectivity index (χ1) is 16.7. The topological polar surface area (TPSA) is 111 Å². The molecule has 8 nitrogen and oxygen atoms in total. The van der Waals surface area contributed by atoms with Gasteiger partial charge in [0, 0.05) is 24.4 Å². The van der Waals surface area contributed by atoms with Crippen molar-refractivity contribution < 1.29 is 0 Å². The van der Waals surface area contributed by atoms with E-state index in [0.717, 1.165) is 66.5 Å². The molecule has 0 aliphatic heterocycles. The standard InChI is InChI=1S/C26H32N8/c1-2-24-28-25(16-11-18-9-14-21(27)15-10-18)34(31-24)17-19-7-12-20(13-8-19)22-5-3-4-6-23(22)26-29-32-33-30-26/h3-8,12-13,18,21H,2,9-11,14-17,27H2,1H3,(H,29,30,32,33). The van der Waals surface area contributed by atoms with Crippen molar-refractivity contribution in [3.63, 3.8) is 0 Å². The Morgan fingerprint density at radius 1 is 1.00 bits per heavy atom. The highest BCUT2D eigenvalue weighted by Crippen LogP contribution is 2.30. The third-order valence-corrected chi connectivity index (χ3v) is 6.90. The lowest BCUT2D eigenvalue weighted by Crippen LogP contribution is -2.26. The Morgan fingerprint density at radius 3 is 2.47 bits per heavy atom. The predicted octanol–water partition coefficient (Wildman–Crippen LogP) is 4.19. The van der Waals surface area contributed by atoms with E-state index in [1.54, 1.807) is 0 Å². The summed E-state index contributed by atoms with van der Waals surface area (Å²) in [4.78, 5) is 4.83. The van der Waals surface area contributed by atoms with Gasteiger partial charge in [-0.25, -0.2) is 14.8 Å². The molecule has 5 rings (SSSR count). The van der Waals surface area contributed by atoms with Crippen LogP contribution in [0.25, 0.3) is 22.5 Å². The van der Waals surface area contributed by atoms with Gasteiger partial charge in [-0.05, 0) is 65.1 Å². The quantitative estimate of drug-likeness (QED) is 0.411. The third kappa shape index (κ3) is 5.07. The molecule has 176 valence electrons. The van der Waals surface area contributed by atoms with E-state index in [0.29, 0.717) is 11.9 Å². The molecule has 0 saturated heterocycles. The van der Waals surface area contributed by atoms with E-state index in [4.69, 9.17) is 15.8 Å². The van der Waals surface area contributed by atoms with E-state index in [1.165, 1.54) is 24.8 Å². The first-order valence-corrected chi connectivity index (χ1v) is 12.3. The Morgan fingerprint density at radius 2 is 1.76 bits per heavy atom. The molecular formula is C26H32N8. The minimum atomic E-state index is 0.397. The zero-order valence-electron chi connectivity index (χ0n) is 19.7. The van der Waals surface area contributed by atoms with Gasteiger partial charge < -0.3 is 5.73 Å². The number of H-pyrrole nitrogens is 1. The molecule has 1 fully saturated rings. The molecule has 2 heterocycles. The van der Waals surface area contributed by atoms with E-state index in [2.05, 4.69) is 62.6 Å². The molecule has 0 atom stereocenters. The zero-order valence-corrected chi connectivity index (χ0v) is 19.7. The van der Waals surface area contributed by atoms with Crippen molar-refractivity contribution >= 4 is 0 Å². The maximum absolute atomic E-state index is 6.08. The van der Waals surface area contributed by atoms with Crippen LogP contribution in [-0.4, -0.2) is 41.4 Å². The second kappa shape index (κ2) is 10.3. The Labute approximate surface area is 200 Å². The van der Waals surface area contributed by atoms with Crippen molar-refractivity contribution in [3.8, 4) is 22.5 Å². The lowest BCUT2D eigenvalue weighted by Gasteiger charge is -2.25. The van der Waals surface area contributed by atoms with Crippen LogP contribution in [0.4, 0.5) is 0 Å². The van der Waals surface area contributed by atoms with Gasteiger partial charge in [0.05, 0.1) is 6.54 Å². The Kier molecular flexibility index (Phi) is 6.76. The number of nitrogens with two attached hydrogens (primary N) is 1. The summed E-state index contributed by atoms with van der Waals surface area (Å²) < 4.78 is 2.09. The molecule has 1 saturated carbocycles. The molecule has 2 aromatic heterocycles. The summed E-state index contributed by atoms with van der Waals surface area (Å²) in [5.41, 5.74) is 10.5. The van der Waals surface area contributed by atoms with Crippen molar-refractivity contribution in [1.29, 1.82) is 0 Å². The number of aryl methyl sites for hydroxylation is 2. The average molecular weight is 457 g/mol. The molecule has 0 amide bonds. The molecule has 3 N–H and O–H groups in total. The summed E-state index contributed by atoms with van der Waals surface area (Å²) in [5.74, 6) is 3.44. The Hall–Kier alpha value is -3.39. The zero-order chi connectivity index (χ0) is 23.3. The first kappa shape index (κ1) is 22.4. The monoisotopic (exact) mass is 456 g/mol. The van der Waals surface area contributed by atoms with Crippen molar-refractivity contribution in [2.45, 2.75) is 64.5 Å². The molecule has 0 spiro atoms. The van der Waals surface area contributed by atoms with Crippen LogP contribution in [0.5, 0.6) is 0 Å². The lowest BCUT2D eigenvalue weighted by molar-refractivity contribution is 0.308. The van der Waals surface area contributed by atoms with Gasteiger partial charge in [-0.1, -0.05) is 55.5 Å². The highest BCUT2D eigenvalue weighted by atomic mass is 15.5. The maximum Gasteiger partial charge on any atom is 0.180 e. The number of aromatic nitrogens is 7. The first-order valence-electron chi connectivity index (χ1n) is 12.3. The Balaban J connectivity index is 1.31. The number of benzene rings is 2. The molecule has 4 aromatic rings. The number of hydrogen-bond donors (Lipinski definition) is 2. The van der Waals surface area contributed by atoms with Crippen molar-refractivity contribution in [3.05, 3.63) is 65.7 Å². The van der Waals surface area contributed by atoms with Gasteiger partial charge in [-0.2, -0.15) is 5.10 Å². The number of rotatable bonds is 8. The van der Waals surface area contributed by atoms with Crippen LogP contribution in [0.1, 0.15) is 56.2 Å². The minimum absolute atomic E-state index is 0.397. The molecular weight excluding hydrogens is 424 g/mol. The van der Waals surface area contributed by atoms with Gasteiger partial charge in [-0.3, -0.25) is 0 Å². The second-order valence-corrected chi connectivity index (χ2v) is 9.27. The molecule has 0 radical (unpaired) electrons. The van der Waals surface area contributed by atoms with Gasteiger partial charge in [-0.15, -0.1) is 5.10 Å². The molecule has 0 unspecified atom stereocenters. The molecule has 34 heavy (non-hydrogen) atoms. The molecule has 8 heteroatoms. The normalized spacial score (nSPS) is 18.3. The number of aromatic amines is 1. The summed E-state index contributed by atoms with van der Waals surface area (Å²) >= 11 is 0. The van der Waals surface area contributed by atoms with E-state index in [1.807, 2.05) is 18.2 Å². The molecule has 2 aromatic carbocycles. The predicted molar refractivity (Wildman–Crippen MR) is 132 cm³/mol. The van der Waals surface area contributed by atoms with E-state index < -0.39 is 0 Å². The Bertz CT molecular complexity index is 1190. The fraction of sp³-hybridized carbons (Fsp3) is 0.423. The van der Waals surface area contributed by atoms with Crippen molar-refractivity contribution in [2.24, 2.45) is 11.7 Å². The van der Waals surface area contributed by atoms with E-state index in [-0.39, 0.29) is 0 Å². The number of hydrogen-bond acceptors (Lipinski definition) is 6. The fourth-order valence-electron chi connectivity index (χ4n) is 4.87. The van der Waals surface area contributed by atoms with Crippen LogP contribution in [0, 0.1) is 5.92 Å². The fourth-order valence-corrected chi connectivity index (χ4v) is 4.87. The second-order valence-electron chi connectivity index (χ2n) is 9.27. The van der Waals surface area contributed by atoms with Crippen LogP contribution in [0.15, 0.2) is 48.5 Å². The average Bonchev–Trinajstić information content (AvgIpc) is 3.55. The van der Waals surface area contributed by atoms with Gasteiger partial charge in [0.1, 0.15) is 5.82 Å². The van der Waals surface area contributed by atoms with E-state index in [9.17, 15) is 0 Å². The third-order valence-electron chi connectivity index (χ3n) is 6.90. The summed E-state index contributed by atoms with van der Waals surface area (Å²) in [5, 5.41) is 19.2. The summed E-state index contributed by atoms with van der Waals surface area (Å²) in [6, 6.07) is 17.2. The maximum atomic E-state index is 6.08. The largest absolute Gasteiger partial charge is 0.328 e. The highest BCUT2D eigenvalue weighted by Gasteiger charge is 2.20. The lowest BCUT2D eigenvalue weighted by atomic mass is 9.84.